The molecule has 0 aliphatic carbocycles. The quantitative estimate of drug-likeness (QED) is 0.649. The van der Waals surface area contributed by atoms with Crippen molar-refractivity contribution >= 4 is 5.69 Å². The molecule has 0 fully saturated rings. The molecule has 0 atom stereocenters. The molecule has 0 aliphatic rings. The summed E-state index contributed by atoms with van der Waals surface area (Å²) >= 11 is 0. The number of para-hydroxylation sites is 1. The zero-order valence-corrected chi connectivity index (χ0v) is 8.61. The number of phenolic OH excluding ortho intramolecular Hbond substituents is 1. The van der Waals surface area contributed by atoms with Crippen molar-refractivity contribution in [1.29, 1.82) is 0 Å². The van der Waals surface area contributed by atoms with Crippen LogP contribution in [0.2, 0.25) is 0 Å². The lowest BCUT2D eigenvalue weighted by Crippen LogP contribution is -1.94. The molecule has 0 spiro atoms. The molecule has 0 bridgehead atoms. The Bertz CT molecular complexity index is 542. The standard InChI is InChI=1S/C11H8N2O4/c14-8-4-3-5-9(11(8)13(15)16)17-10-6-1-2-7-12-10/h1-7,14H. The average Bonchev–Trinajstić information content (AvgIpc) is 2.30. The highest BCUT2D eigenvalue weighted by Crippen LogP contribution is 2.37. The van der Waals surface area contributed by atoms with E-state index in [1.165, 1.54) is 24.4 Å². The maximum atomic E-state index is 10.8. The van der Waals surface area contributed by atoms with Crippen molar-refractivity contribution in [2.75, 3.05) is 0 Å². The number of hydrogen-bond donors (Lipinski definition) is 1. The topological polar surface area (TPSA) is 85.5 Å². The van der Waals surface area contributed by atoms with Crippen LogP contribution in [0.3, 0.4) is 0 Å². The fourth-order valence-electron chi connectivity index (χ4n) is 1.30. The van der Waals surface area contributed by atoms with Crippen LogP contribution in [0, 0.1) is 10.1 Å². The molecule has 6 nitrogen and oxygen atoms in total. The van der Waals surface area contributed by atoms with Gasteiger partial charge in [0.05, 0.1) is 4.92 Å². The number of ether oxygens (including phenoxy) is 1. The summed E-state index contributed by atoms with van der Waals surface area (Å²) in [7, 11) is 0. The highest BCUT2D eigenvalue weighted by atomic mass is 16.6. The van der Waals surface area contributed by atoms with Crippen molar-refractivity contribution < 1.29 is 14.8 Å². The number of nitro groups is 1. The van der Waals surface area contributed by atoms with Crippen LogP contribution in [0.4, 0.5) is 5.69 Å². The first-order chi connectivity index (χ1) is 8.18. The largest absolute Gasteiger partial charge is 0.502 e. The summed E-state index contributed by atoms with van der Waals surface area (Å²) in [6.45, 7) is 0. The predicted molar refractivity (Wildman–Crippen MR) is 59.1 cm³/mol. The van der Waals surface area contributed by atoms with Gasteiger partial charge in [-0.2, -0.15) is 0 Å². The Morgan fingerprint density at radius 1 is 1.24 bits per heavy atom. The van der Waals surface area contributed by atoms with Gasteiger partial charge in [0.15, 0.2) is 5.75 Å². The third-order valence-electron chi connectivity index (χ3n) is 2.01. The van der Waals surface area contributed by atoms with Gasteiger partial charge in [-0.25, -0.2) is 4.98 Å². The number of nitro benzene ring substituents is 1. The third kappa shape index (κ3) is 2.31. The van der Waals surface area contributed by atoms with Crippen LogP contribution in [0.25, 0.3) is 0 Å². The van der Waals surface area contributed by atoms with Gasteiger partial charge >= 0.3 is 5.69 Å². The highest BCUT2D eigenvalue weighted by molar-refractivity contribution is 5.57. The highest BCUT2D eigenvalue weighted by Gasteiger charge is 2.21. The van der Waals surface area contributed by atoms with E-state index in [0.29, 0.717) is 0 Å². The Balaban J connectivity index is 2.40. The van der Waals surface area contributed by atoms with Gasteiger partial charge in [0, 0.05) is 12.3 Å². The molecule has 1 N–H and O–H groups in total. The number of rotatable bonds is 3. The van der Waals surface area contributed by atoms with Crippen molar-refractivity contribution in [3.63, 3.8) is 0 Å². The lowest BCUT2D eigenvalue weighted by molar-refractivity contribution is -0.386. The minimum Gasteiger partial charge on any atom is -0.502 e. The monoisotopic (exact) mass is 232 g/mol. The van der Waals surface area contributed by atoms with E-state index >= 15 is 0 Å². The van der Waals surface area contributed by atoms with Gasteiger partial charge in [-0.05, 0) is 18.2 Å². The minimum atomic E-state index is -0.701. The van der Waals surface area contributed by atoms with E-state index in [0.717, 1.165) is 0 Å². The van der Waals surface area contributed by atoms with Gasteiger partial charge < -0.3 is 9.84 Å². The second-order valence-electron chi connectivity index (χ2n) is 3.15. The molecule has 1 heterocycles. The molecule has 0 saturated heterocycles. The first-order valence-electron chi connectivity index (χ1n) is 4.74. The number of aromatic hydroxyl groups is 1. The summed E-state index contributed by atoms with van der Waals surface area (Å²) < 4.78 is 5.24. The Hall–Kier alpha value is -2.63. The maximum Gasteiger partial charge on any atom is 0.352 e. The first-order valence-corrected chi connectivity index (χ1v) is 4.74. The molecule has 0 amide bonds. The van der Waals surface area contributed by atoms with E-state index in [4.69, 9.17) is 4.74 Å². The number of benzene rings is 1. The second kappa shape index (κ2) is 4.48. The Morgan fingerprint density at radius 3 is 2.71 bits per heavy atom. The number of pyridine rings is 1. The molecule has 2 rings (SSSR count). The van der Waals surface area contributed by atoms with Crippen LogP contribution in [-0.2, 0) is 0 Å². The van der Waals surface area contributed by atoms with E-state index in [9.17, 15) is 15.2 Å². The summed E-state index contributed by atoms with van der Waals surface area (Å²) in [5.41, 5.74) is -0.474. The summed E-state index contributed by atoms with van der Waals surface area (Å²) in [5.74, 6) is -0.265. The third-order valence-corrected chi connectivity index (χ3v) is 2.01. The van der Waals surface area contributed by atoms with Crippen LogP contribution < -0.4 is 4.74 Å². The van der Waals surface area contributed by atoms with E-state index in [1.54, 1.807) is 18.2 Å². The SMILES string of the molecule is O=[N+]([O-])c1c(O)cccc1Oc1ccccn1. The first kappa shape index (κ1) is 10.9. The molecule has 86 valence electrons. The van der Waals surface area contributed by atoms with E-state index in [2.05, 4.69) is 4.98 Å². The lowest BCUT2D eigenvalue weighted by atomic mass is 10.3. The van der Waals surface area contributed by atoms with Crippen molar-refractivity contribution in [2.45, 2.75) is 0 Å². The van der Waals surface area contributed by atoms with E-state index in [1.807, 2.05) is 0 Å². The Labute approximate surface area is 96.3 Å². The Kier molecular flexibility index (Phi) is 2.87. The van der Waals surface area contributed by atoms with Gasteiger partial charge in [0.1, 0.15) is 0 Å². The molecule has 17 heavy (non-hydrogen) atoms. The molecule has 0 unspecified atom stereocenters. The summed E-state index contributed by atoms with van der Waals surface area (Å²) in [6, 6.07) is 9.03. The molecule has 1 aromatic carbocycles. The van der Waals surface area contributed by atoms with Crippen LogP contribution in [0.5, 0.6) is 17.4 Å². The minimum absolute atomic E-state index is 0.0475. The second-order valence-corrected chi connectivity index (χ2v) is 3.15. The molecule has 0 aliphatic heterocycles. The molecule has 0 radical (unpaired) electrons. The molecule has 1 aromatic heterocycles. The van der Waals surface area contributed by atoms with Crippen LogP contribution in [-0.4, -0.2) is 15.0 Å². The average molecular weight is 232 g/mol. The Morgan fingerprint density at radius 2 is 2.06 bits per heavy atom. The molecular formula is C11H8N2O4. The fraction of sp³-hybridized carbons (Fsp3) is 0. The molecular weight excluding hydrogens is 224 g/mol. The summed E-state index contributed by atoms with van der Waals surface area (Å²) in [5, 5.41) is 20.2. The van der Waals surface area contributed by atoms with Crippen LogP contribution in [0.15, 0.2) is 42.6 Å². The van der Waals surface area contributed by atoms with Gasteiger partial charge in [-0.3, -0.25) is 10.1 Å². The van der Waals surface area contributed by atoms with Gasteiger partial charge in [0.2, 0.25) is 11.6 Å². The van der Waals surface area contributed by atoms with Crippen molar-refractivity contribution in [1.82, 2.24) is 4.98 Å². The lowest BCUT2D eigenvalue weighted by Gasteiger charge is -2.05. The molecule has 2 aromatic rings. The van der Waals surface area contributed by atoms with Crippen molar-refractivity contribution in [3.05, 3.63) is 52.7 Å². The normalized spacial score (nSPS) is 9.88. The number of phenols is 1. The fourth-order valence-corrected chi connectivity index (χ4v) is 1.30. The van der Waals surface area contributed by atoms with Crippen molar-refractivity contribution in [3.8, 4) is 17.4 Å². The number of aromatic nitrogens is 1. The zero-order chi connectivity index (χ0) is 12.3. The zero-order valence-electron chi connectivity index (χ0n) is 8.61. The van der Waals surface area contributed by atoms with Gasteiger partial charge in [-0.1, -0.05) is 12.1 Å². The number of hydrogen-bond acceptors (Lipinski definition) is 5. The smallest absolute Gasteiger partial charge is 0.352 e. The number of nitrogens with zero attached hydrogens (tertiary/aromatic N) is 2. The maximum absolute atomic E-state index is 10.8. The predicted octanol–water partition coefficient (Wildman–Crippen LogP) is 2.49. The molecule has 0 saturated carbocycles. The van der Waals surface area contributed by atoms with Gasteiger partial charge in [0.25, 0.3) is 0 Å². The van der Waals surface area contributed by atoms with E-state index in [-0.39, 0.29) is 11.6 Å². The van der Waals surface area contributed by atoms with Crippen molar-refractivity contribution in [2.24, 2.45) is 0 Å². The summed E-state index contributed by atoms with van der Waals surface area (Å²) in [4.78, 5) is 14.0. The molecule has 6 heteroatoms. The van der Waals surface area contributed by atoms with Crippen LogP contribution >= 0.6 is 0 Å². The van der Waals surface area contributed by atoms with Crippen LogP contribution in [0.1, 0.15) is 0 Å². The van der Waals surface area contributed by atoms with Gasteiger partial charge in [-0.15, -0.1) is 0 Å². The summed E-state index contributed by atoms with van der Waals surface area (Å²) in [6.07, 6.45) is 1.50. The van der Waals surface area contributed by atoms with E-state index < -0.39 is 16.4 Å².